The number of nitrogens with one attached hydrogen (secondary N) is 1. The number of rotatable bonds is 4. The summed E-state index contributed by atoms with van der Waals surface area (Å²) in [6.45, 7) is 0. The van der Waals surface area contributed by atoms with Gasteiger partial charge in [0.05, 0.1) is 6.20 Å². The van der Waals surface area contributed by atoms with Gasteiger partial charge in [-0.25, -0.2) is 9.97 Å². The van der Waals surface area contributed by atoms with Gasteiger partial charge in [0.1, 0.15) is 0 Å². The van der Waals surface area contributed by atoms with Crippen LogP contribution in [0.3, 0.4) is 0 Å². The maximum Gasteiger partial charge on any atom is 0.225 e. The van der Waals surface area contributed by atoms with Gasteiger partial charge in [0, 0.05) is 21.7 Å². The summed E-state index contributed by atoms with van der Waals surface area (Å²) in [6.07, 6.45) is 5.74. The number of nitrogens with zero attached hydrogens (tertiary/aromatic N) is 6. The molecule has 1 unspecified atom stereocenters. The number of hydrogen-bond donors (Lipinski definition) is 2. The number of amides is 1. The van der Waals surface area contributed by atoms with Crippen LogP contribution in [0.25, 0.3) is 17.0 Å². The van der Waals surface area contributed by atoms with Crippen LogP contribution in [0.4, 0.5) is 5.95 Å². The van der Waals surface area contributed by atoms with Crippen molar-refractivity contribution in [3.8, 4) is 5.82 Å². The van der Waals surface area contributed by atoms with Crippen molar-refractivity contribution >= 4 is 45.6 Å². The number of halogens is 1. The quantitative estimate of drug-likeness (QED) is 0.574. The molecule has 1 saturated carbocycles. The van der Waals surface area contributed by atoms with E-state index in [1.54, 1.807) is 17.1 Å². The average Bonchev–Trinajstić information content (AvgIpc) is 3.22. The summed E-state index contributed by atoms with van der Waals surface area (Å²) in [5.41, 5.74) is 6.55. The van der Waals surface area contributed by atoms with Gasteiger partial charge in [-0.3, -0.25) is 4.79 Å². The average molecular weight is 450 g/mol. The number of carbonyl (C=O) groups is 1. The second-order valence-electron chi connectivity index (χ2n) is 5.99. The lowest BCUT2D eigenvalue weighted by atomic mass is 10.1. The Hall–Kier alpha value is -2.37. The monoisotopic (exact) mass is 450 g/mol. The molecule has 1 aliphatic rings. The third-order valence-corrected chi connectivity index (χ3v) is 4.93. The summed E-state index contributed by atoms with van der Waals surface area (Å²) in [7, 11) is 0. The second kappa shape index (κ2) is 6.50. The summed E-state index contributed by atoms with van der Waals surface area (Å²) < 4.78 is 2.62. The van der Waals surface area contributed by atoms with E-state index in [2.05, 4.69) is 53.2 Å². The highest BCUT2D eigenvalue weighted by Crippen LogP contribution is 2.27. The Kier molecular flexibility index (Phi) is 4.19. The zero-order chi connectivity index (χ0) is 17.4. The van der Waals surface area contributed by atoms with E-state index >= 15 is 0 Å². The summed E-state index contributed by atoms with van der Waals surface area (Å²) >= 11 is 2.20. The molecule has 10 heteroatoms. The minimum Gasteiger partial charge on any atom is -0.369 e. The van der Waals surface area contributed by atoms with Crippen molar-refractivity contribution in [3.63, 3.8) is 0 Å². The minimum atomic E-state index is -0.243. The molecule has 4 rings (SSSR count). The second-order valence-corrected chi connectivity index (χ2v) is 7.24. The lowest BCUT2D eigenvalue weighted by molar-refractivity contribution is -0.121. The predicted molar refractivity (Wildman–Crippen MR) is 98.9 cm³/mol. The van der Waals surface area contributed by atoms with Crippen molar-refractivity contribution in [1.82, 2.24) is 29.9 Å². The number of anilines is 1. The maximum absolute atomic E-state index is 11.3. The number of nitrogens with two attached hydrogens (primary N) is 1. The van der Waals surface area contributed by atoms with Gasteiger partial charge in [-0.1, -0.05) is 5.21 Å². The number of carbonyl (C=O) groups excluding carboxylic acids is 1. The van der Waals surface area contributed by atoms with Crippen LogP contribution in [0.2, 0.25) is 0 Å². The van der Waals surface area contributed by atoms with Gasteiger partial charge in [0.2, 0.25) is 11.9 Å². The van der Waals surface area contributed by atoms with Gasteiger partial charge >= 0.3 is 0 Å². The standard InChI is InChI=1S/C15H15IN8O/c16-9-2-4-12(18-6-9)24-14-11(22-23-24)7-19-15(21-14)20-10-3-1-8(5-10)13(17)25/h2,4,6-8,10H,1,3,5H2,(H2,17,25)(H,19,20,21)/t8-,10?/m1/s1. The number of pyridine rings is 1. The molecule has 9 nitrogen and oxygen atoms in total. The summed E-state index contributed by atoms with van der Waals surface area (Å²) in [6, 6.07) is 3.94. The van der Waals surface area contributed by atoms with Crippen LogP contribution in [0.5, 0.6) is 0 Å². The van der Waals surface area contributed by atoms with Crippen LogP contribution in [0, 0.1) is 9.49 Å². The van der Waals surface area contributed by atoms with Gasteiger partial charge in [-0.05, 0) is 54.0 Å². The van der Waals surface area contributed by atoms with Gasteiger partial charge in [-0.2, -0.15) is 9.67 Å². The number of aromatic nitrogens is 6. The van der Waals surface area contributed by atoms with E-state index in [0.717, 1.165) is 16.4 Å². The predicted octanol–water partition coefficient (Wildman–Crippen LogP) is 1.28. The normalized spacial score (nSPS) is 20.0. The first-order valence-corrected chi connectivity index (χ1v) is 8.94. The van der Waals surface area contributed by atoms with Crippen LogP contribution < -0.4 is 11.1 Å². The number of primary amides is 1. The Balaban J connectivity index is 1.60. The minimum absolute atomic E-state index is 0.0792. The Bertz CT molecular complexity index is 925. The van der Waals surface area contributed by atoms with Gasteiger partial charge < -0.3 is 11.1 Å². The first-order valence-electron chi connectivity index (χ1n) is 7.86. The zero-order valence-electron chi connectivity index (χ0n) is 13.1. The Labute approximate surface area is 156 Å². The molecule has 0 aromatic carbocycles. The van der Waals surface area contributed by atoms with E-state index in [1.165, 1.54) is 0 Å². The van der Waals surface area contributed by atoms with E-state index in [-0.39, 0.29) is 17.9 Å². The lowest BCUT2D eigenvalue weighted by Crippen LogP contribution is -2.23. The fourth-order valence-corrected chi connectivity index (χ4v) is 3.32. The lowest BCUT2D eigenvalue weighted by Gasteiger charge is -2.12. The Morgan fingerprint density at radius 2 is 2.16 bits per heavy atom. The first-order chi connectivity index (χ1) is 12.1. The van der Waals surface area contributed by atoms with E-state index in [4.69, 9.17) is 5.73 Å². The van der Waals surface area contributed by atoms with Gasteiger partial charge in [0.25, 0.3) is 0 Å². The molecular weight excluding hydrogens is 435 g/mol. The van der Waals surface area contributed by atoms with Crippen molar-refractivity contribution in [2.45, 2.75) is 25.3 Å². The molecule has 0 saturated heterocycles. The summed E-state index contributed by atoms with van der Waals surface area (Å²) in [5, 5.41) is 11.5. The molecule has 0 bridgehead atoms. The van der Waals surface area contributed by atoms with Crippen LogP contribution in [0.15, 0.2) is 24.5 Å². The molecule has 0 aliphatic heterocycles. The molecule has 3 aromatic rings. The highest BCUT2D eigenvalue weighted by atomic mass is 127. The van der Waals surface area contributed by atoms with Crippen molar-refractivity contribution in [2.24, 2.45) is 11.7 Å². The van der Waals surface area contributed by atoms with E-state index in [0.29, 0.717) is 29.4 Å². The van der Waals surface area contributed by atoms with Crippen molar-refractivity contribution in [1.29, 1.82) is 0 Å². The van der Waals surface area contributed by atoms with Crippen LogP contribution >= 0.6 is 22.6 Å². The highest BCUT2D eigenvalue weighted by Gasteiger charge is 2.28. The fraction of sp³-hybridized carbons (Fsp3) is 0.333. The summed E-state index contributed by atoms with van der Waals surface area (Å²) in [4.78, 5) is 24.5. The molecule has 3 aromatic heterocycles. The number of fused-ring (bicyclic) bond motifs is 1. The van der Waals surface area contributed by atoms with Crippen LogP contribution in [-0.4, -0.2) is 41.9 Å². The Morgan fingerprint density at radius 1 is 1.28 bits per heavy atom. The molecule has 1 amide bonds. The Morgan fingerprint density at radius 3 is 2.88 bits per heavy atom. The van der Waals surface area contributed by atoms with E-state index in [9.17, 15) is 4.79 Å². The molecule has 2 atom stereocenters. The highest BCUT2D eigenvalue weighted by molar-refractivity contribution is 14.1. The molecule has 1 aliphatic carbocycles. The van der Waals surface area contributed by atoms with Crippen molar-refractivity contribution in [2.75, 3.05) is 5.32 Å². The SMILES string of the molecule is NC(=O)[C@@H]1CCC(Nc2ncc3nnn(-c4ccc(I)cn4)c3n2)C1. The molecule has 1 fully saturated rings. The molecular formula is C15H15IN8O. The zero-order valence-corrected chi connectivity index (χ0v) is 15.3. The third kappa shape index (κ3) is 3.25. The van der Waals surface area contributed by atoms with E-state index in [1.807, 2.05) is 12.1 Å². The van der Waals surface area contributed by atoms with Crippen molar-refractivity contribution < 1.29 is 4.79 Å². The van der Waals surface area contributed by atoms with Gasteiger partial charge in [-0.15, -0.1) is 5.10 Å². The third-order valence-electron chi connectivity index (χ3n) is 4.29. The molecule has 3 N–H and O–H groups in total. The molecule has 3 heterocycles. The van der Waals surface area contributed by atoms with Crippen molar-refractivity contribution in [3.05, 3.63) is 28.1 Å². The molecule has 0 spiro atoms. The molecule has 0 radical (unpaired) electrons. The number of hydrogen-bond acceptors (Lipinski definition) is 7. The van der Waals surface area contributed by atoms with Gasteiger partial charge in [0.15, 0.2) is 17.0 Å². The summed E-state index contributed by atoms with van der Waals surface area (Å²) in [5.74, 6) is 0.802. The van der Waals surface area contributed by atoms with Crippen LogP contribution in [-0.2, 0) is 4.79 Å². The maximum atomic E-state index is 11.3. The van der Waals surface area contributed by atoms with Crippen LogP contribution in [0.1, 0.15) is 19.3 Å². The van der Waals surface area contributed by atoms with E-state index < -0.39 is 0 Å². The first kappa shape index (κ1) is 16.1. The molecule has 128 valence electrons. The fourth-order valence-electron chi connectivity index (χ4n) is 3.00. The smallest absolute Gasteiger partial charge is 0.225 e. The largest absolute Gasteiger partial charge is 0.369 e. The topological polar surface area (TPSA) is 124 Å². The molecule has 25 heavy (non-hydrogen) atoms.